The quantitative estimate of drug-likeness (QED) is 0.813. The van der Waals surface area contributed by atoms with Crippen LogP contribution in [0.15, 0.2) is 24.3 Å². The summed E-state index contributed by atoms with van der Waals surface area (Å²) in [5.41, 5.74) is 1.41. The van der Waals surface area contributed by atoms with Crippen molar-refractivity contribution in [3.63, 3.8) is 0 Å². The SMILES string of the molecule is COCC(O)CN(C)C(=O)Cc1ccc(C#N)cc1. The van der Waals surface area contributed by atoms with E-state index >= 15 is 0 Å². The number of aliphatic hydroxyl groups is 1. The van der Waals surface area contributed by atoms with E-state index in [9.17, 15) is 9.90 Å². The van der Waals surface area contributed by atoms with Crippen molar-refractivity contribution in [2.45, 2.75) is 12.5 Å². The lowest BCUT2D eigenvalue weighted by Crippen LogP contribution is -2.37. The van der Waals surface area contributed by atoms with Gasteiger partial charge in [0.1, 0.15) is 0 Å². The summed E-state index contributed by atoms with van der Waals surface area (Å²) in [4.78, 5) is 13.4. The minimum absolute atomic E-state index is 0.0835. The second-order valence-electron chi connectivity index (χ2n) is 4.37. The molecule has 102 valence electrons. The van der Waals surface area contributed by atoms with Gasteiger partial charge in [-0.25, -0.2) is 0 Å². The van der Waals surface area contributed by atoms with Gasteiger partial charge in [0.05, 0.1) is 30.8 Å². The molecule has 5 heteroatoms. The van der Waals surface area contributed by atoms with Crippen LogP contribution in [0, 0.1) is 11.3 Å². The van der Waals surface area contributed by atoms with Gasteiger partial charge in [-0.05, 0) is 17.7 Å². The van der Waals surface area contributed by atoms with Crippen LogP contribution in [0.2, 0.25) is 0 Å². The lowest BCUT2D eigenvalue weighted by Gasteiger charge is -2.20. The van der Waals surface area contributed by atoms with E-state index in [1.165, 1.54) is 12.0 Å². The first-order valence-corrected chi connectivity index (χ1v) is 5.96. The molecule has 0 fully saturated rings. The number of carbonyl (C=O) groups is 1. The molecule has 0 aliphatic carbocycles. The van der Waals surface area contributed by atoms with Crippen LogP contribution in [-0.2, 0) is 16.0 Å². The van der Waals surface area contributed by atoms with Crippen LogP contribution in [0.25, 0.3) is 0 Å². The highest BCUT2D eigenvalue weighted by molar-refractivity contribution is 5.78. The largest absolute Gasteiger partial charge is 0.389 e. The Hall–Kier alpha value is -1.90. The predicted octanol–water partition coefficient (Wildman–Crippen LogP) is 0.566. The molecule has 1 amide bonds. The highest BCUT2D eigenvalue weighted by Gasteiger charge is 2.13. The molecular weight excluding hydrogens is 244 g/mol. The number of nitriles is 1. The van der Waals surface area contributed by atoms with Crippen LogP contribution in [0.1, 0.15) is 11.1 Å². The second-order valence-corrected chi connectivity index (χ2v) is 4.37. The maximum absolute atomic E-state index is 11.9. The van der Waals surface area contributed by atoms with Gasteiger partial charge in [-0.3, -0.25) is 4.79 Å². The van der Waals surface area contributed by atoms with Gasteiger partial charge in [0.2, 0.25) is 5.91 Å². The first-order valence-electron chi connectivity index (χ1n) is 5.96. The number of nitrogens with zero attached hydrogens (tertiary/aromatic N) is 2. The van der Waals surface area contributed by atoms with E-state index in [1.807, 2.05) is 6.07 Å². The minimum atomic E-state index is -0.681. The van der Waals surface area contributed by atoms with Crippen molar-refractivity contribution >= 4 is 5.91 Å². The van der Waals surface area contributed by atoms with Gasteiger partial charge in [0.15, 0.2) is 0 Å². The Kier molecular flexibility index (Phi) is 6.00. The molecule has 0 aliphatic heterocycles. The first-order chi connectivity index (χ1) is 9.06. The number of rotatable bonds is 6. The number of benzene rings is 1. The Balaban J connectivity index is 2.51. The summed E-state index contributed by atoms with van der Waals surface area (Å²) in [5.74, 6) is -0.0835. The Morgan fingerprint density at radius 3 is 2.63 bits per heavy atom. The number of amides is 1. The van der Waals surface area contributed by atoms with E-state index in [1.54, 1.807) is 31.3 Å². The maximum Gasteiger partial charge on any atom is 0.226 e. The normalized spacial score (nSPS) is 11.7. The zero-order valence-electron chi connectivity index (χ0n) is 11.2. The van der Waals surface area contributed by atoms with E-state index in [0.717, 1.165) is 5.56 Å². The summed E-state index contributed by atoms with van der Waals surface area (Å²) in [6, 6.07) is 8.91. The zero-order chi connectivity index (χ0) is 14.3. The molecule has 0 bridgehead atoms. The maximum atomic E-state index is 11.9. The third-order valence-corrected chi connectivity index (χ3v) is 2.71. The van der Waals surface area contributed by atoms with E-state index in [0.29, 0.717) is 5.56 Å². The predicted molar refractivity (Wildman–Crippen MR) is 70.4 cm³/mol. The number of likely N-dealkylation sites (N-methyl/N-ethyl adjacent to an activating group) is 1. The van der Waals surface area contributed by atoms with E-state index in [4.69, 9.17) is 10.00 Å². The van der Waals surface area contributed by atoms with Crippen LogP contribution in [0.4, 0.5) is 0 Å². The number of methoxy groups -OCH3 is 1. The monoisotopic (exact) mass is 262 g/mol. The van der Waals surface area contributed by atoms with Crippen molar-refractivity contribution in [3.8, 4) is 6.07 Å². The standard InChI is InChI=1S/C14H18N2O3/c1-16(9-13(17)10-19-2)14(18)7-11-3-5-12(8-15)6-4-11/h3-6,13,17H,7,9-10H2,1-2H3. The van der Waals surface area contributed by atoms with Crippen molar-refractivity contribution in [1.82, 2.24) is 4.90 Å². The Labute approximate surface area is 113 Å². The Bertz CT molecular complexity index is 451. The molecule has 1 unspecified atom stereocenters. The van der Waals surface area contributed by atoms with Gasteiger partial charge in [-0.1, -0.05) is 12.1 Å². The lowest BCUT2D eigenvalue weighted by molar-refractivity contribution is -0.130. The van der Waals surface area contributed by atoms with Gasteiger partial charge < -0.3 is 14.7 Å². The average molecular weight is 262 g/mol. The summed E-state index contributed by atoms with van der Waals surface area (Å²) in [6.45, 7) is 0.442. The molecule has 0 heterocycles. The van der Waals surface area contributed by atoms with E-state index in [2.05, 4.69) is 0 Å². The molecule has 1 N–H and O–H groups in total. The number of hydrogen-bond acceptors (Lipinski definition) is 4. The fourth-order valence-electron chi connectivity index (χ4n) is 1.67. The molecule has 1 aromatic carbocycles. The number of aliphatic hydroxyl groups excluding tert-OH is 1. The fraction of sp³-hybridized carbons (Fsp3) is 0.429. The lowest BCUT2D eigenvalue weighted by atomic mass is 10.1. The van der Waals surface area contributed by atoms with E-state index < -0.39 is 6.10 Å². The van der Waals surface area contributed by atoms with Crippen molar-refractivity contribution in [3.05, 3.63) is 35.4 Å². The minimum Gasteiger partial charge on any atom is -0.389 e. The van der Waals surface area contributed by atoms with Crippen LogP contribution in [0.3, 0.4) is 0 Å². The Morgan fingerprint density at radius 1 is 1.47 bits per heavy atom. The number of ether oxygens (including phenoxy) is 1. The molecule has 1 aromatic rings. The average Bonchev–Trinajstić information content (AvgIpc) is 2.39. The van der Waals surface area contributed by atoms with Gasteiger partial charge in [0.25, 0.3) is 0 Å². The molecule has 0 saturated heterocycles. The zero-order valence-corrected chi connectivity index (χ0v) is 11.2. The van der Waals surface area contributed by atoms with Crippen LogP contribution < -0.4 is 0 Å². The highest BCUT2D eigenvalue weighted by Crippen LogP contribution is 2.06. The third kappa shape index (κ3) is 5.08. The van der Waals surface area contributed by atoms with Crippen molar-refractivity contribution in [2.24, 2.45) is 0 Å². The summed E-state index contributed by atoms with van der Waals surface area (Å²) in [5, 5.41) is 18.2. The van der Waals surface area contributed by atoms with Gasteiger partial charge in [0, 0.05) is 20.7 Å². The molecule has 19 heavy (non-hydrogen) atoms. The second kappa shape index (κ2) is 7.52. The topological polar surface area (TPSA) is 73.6 Å². The summed E-state index contributed by atoms with van der Waals surface area (Å²) in [7, 11) is 3.15. The Morgan fingerprint density at radius 2 is 2.11 bits per heavy atom. The van der Waals surface area contributed by atoms with Gasteiger partial charge >= 0.3 is 0 Å². The molecular formula is C14H18N2O3. The molecule has 0 spiro atoms. The van der Waals surface area contributed by atoms with Crippen LogP contribution in [-0.4, -0.2) is 49.3 Å². The molecule has 0 radical (unpaired) electrons. The molecule has 1 rings (SSSR count). The number of carbonyl (C=O) groups excluding carboxylic acids is 1. The molecule has 0 aliphatic rings. The molecule has 5 nitrogen and oxygen atoms in total. The van der Waals surface area contributed by atoms with Gasteiger partial charge in [-0.2, -0.15) is 5.26 Å². The molecule has 1 atom stereocenters. The highest BCUT2D eigenvalue weighted by atomic mass is 16.5. The smallest absolute Gasteiger partial charge is 0.226 e. The van der Waals surface area contributed by atoms with Crippen molar-refractivity contribution in [1.29, 1.82) is 5.26 Å². The van der Waals surface area contributed by atoms with E-state index in [-0.39, 0.29) is 25.5 Å². The number of hydrogen-bond donors (Lipinski definition) is 1. The first kappa shape index (κ1) is 15.2. The summed E-state index contributed by atoms with van der Waals surface area (Å²) in [6.07, 6.45) is -0.429. The molecule has 0 saturated carbocycles. The van der Waals surface area contributed by atoms with Crippen LogP contribution in [0.5, 0.6) is 0 Å². The molecule has 0 aromatic heterocycles. The summed E-state index contributed by atoms with van der Waals surface area (Å²) >= 11 is 0. The third-order valence-electron chi connectivity index (χ3n) is 2.71. The van der Waals surface area contributed by atoms with Crippen LogP contribution >= 0.6 is 0 Å². The summed E-state index contributed by atoms with van der Waals surface area (Å²) < 4.78 is 4.81. The van der Waals surface area contributed by atoms with Crippen molar-refractivity contribution < 1.29 is 14.6 Å². The fourth-order valence-corrected chi connectivity index (χ4v) is 1.67. The van der Waals surface area contributed by atoms with Crippen molar-refractivity contribution in [2.75, 3.05) is 27.3 Å². The van der Waals surface area contributed by atoms with Gasteiger partial charge in [-0.15, -0.1) is 0 Å².